The van der Waals surface area contributed by atoms with E-state index in [-0.39, 0.29) is 6.61 Å². The van der Waals surface area contributed by atoms with Crippen LogP contribution in [0.15, 0.2) is 12.3 Å². The van der Waals surface area contributed by atoms with Gasteiger partial charge in [-0.05, 0) is 51.9 Å². The Hall–Kier alpha value is -0.870. The molecule has 1 rings (SSSR count). The van der Waals surface area contributed by atoms with Crippen LogP contribution in [0.2, 0.25) is 0 Å². The standard InChI is InChI=1S/C15H26O4/c1-11(2)19-14(17)15(3,4)18-10-13-7-5-6-12(8-13)9-16/h12-13,16H,1,5-10H2,2-4H3/t12-,13+/m0/s1. The van der Waals surface area contributed by atoms with Crippen molar-refractivity contribution >= 4 is 5.97 Å². The van der Waals surface area contributed by atoms with Crippen LogP contribution >= 0.6 is 0 Å². The zero-order chi connectivity index (χ0) is 14.5. The summed E-state index contributed by atoms with van der Waals surface area (Å²) in [5.74, 6) is 0.768. The third kappa shape index (κ3) is 5.33. The van der Waals surface area contributed by atoms with Gasteiger partial charge in [-0.15, -0.1) is 0 Å². The Morgan fingerprint density at radius 3 is 2.58 bits per heavy atom. The number of ether oxygens (including phenoxy) is 2. The monoisotopic (exact) mass is 270 g/mol. The summed E-state index contributed by atoms with van der Waals surface area (Å²) in [5, 5.41) is 9.20. The molecule has 1 aliphatic carbocycles. The van der Waals surface area contributed by atoms with Crippen molar-refractivity contribution in [1.29, 1.82) is 0 Å². The van der Waals surface area contributed by atoms with Gasteiger partial charge >= 0.3 is 5.97 Å². The lowest BCUT2D eigenvalue weighted by molar-refractivity contribution is -0.165. The fraction of sp³-hybridized carbons (Fsp3) is 0.800. The van der Waals surface area contributed by atoms with Gasteiger partial charge in [-0.1, -0.05) is 13.0 Å². The summed E-state index contributed by atoms with van der Waals surface area (Å²) < 4.78 is 10.7. The molecule has 4 nitrogen and oxygen atoms in total. The number of aliphatic hydroxyl groups is 1. The summed E-state index contributed by atoms with van der Waals surface area (Å²) >= 11 is 0. The van der Waals surface area contributed by atoms with Gasteiger partial charge in [0, 0.05) is 6.61 Å². The van der Waals surface area contributed by atoms with Crippen molar-refractivity contribution in [2.24, 2.45) is 11.8 Å². The van der Waals surface area contributed by atoms with E-state index in [1.54, 1.807) is 20.8 Å². The number of hydrogen-bond donors (Lipinski definition) is 1. The Labute approximate surface area is 115 Å². The molecule has 1 N–H and O–H groups in total. The minimum Gasteiger partial charge on any atom is -0.430 e. The topological polar surface area (TPSA) is 55.8 Å². The van der Waals surface area contributed by atoms with Crippen molar-refractivity contribution in [2.75, 3.05) is 13.2 Å². The third-order valence-electron chi connectivity index (χ3n) is 3.59. The molecule has 110 valence electrons. The van der Waals surface area contributed by atoms with Gasteiger partial charge in [-0.3, -0.25) is 0 Å². The van der Waals surface area contributed by atoms with Crippen LogP contribution in [0.1, 0.15) is 46.5 Å². The van der Waals surface area contributed by atoms with E-state index in [0.29, 0.717) is 24.2 Å². The van der Waals surface area contributed by atoms with Crippen LogP contribution in [0, 0.1) is 11.8 Å². The molecule has 0 heterocycles. The number of hydrogen-bond acceptors (Lipinski definition) is 4. The molecule has 0 aromatic heterocycles. The lowest BCUT2D eigenvalue weighted by Gasteiger charge is -2.31. The summed E-state index contributed by atoms with van der Waals surface area (Å²) in [5.41, 5.74) is -0.953. The average Bonchev–Trinajstić information content (AvgIpc) is 2.36. The molecular weight excluding hydrogens is 244 g/mol. The van der Waals surface area contributed by atoms with E-state index in [9.17, 15) is 9.90 Å². The highest BCUT2D eigenvalue weighted by Gasteiger charge is 2.32. The van der Waals surface area contributed by atoms with E-state index in [0.717, 1.165) is 25.7 Å². The van der Waals surface area contributed by atoms with Crippen LogP contribution in [-0.4, -0.2) is 29.9 Å². The minimum atomic E-state index is -0.953. The fourth-order valence-electron chi connectivity index (χ4n) is 2.39. The highest BCUT2D eigenvalue weighted by Crippen LogP contribution is 2.30. The normalized spacial score (nSPS) is 24.0. The van der Waals surface area contributed by atoms with Crippen molar-refractivity contribution in [3.63, 3.8) is 0 Å². The molecule has 1 saturated carbocycles. The summed E-state index contributed by atoms with van der Waals surface area (Å²) in [7, 11) is 0. The Morgan fingerprint density at radius 1 is 1.37 bits per heavy atom. The number of carbonyl (C=O) groups excluding carboxylic acids is 1. The zero-order valence-corrected chi connectivity index (χ0v) is 12.3. The molecule has 0 bridgehead atoms. The van der Waals surface area contributed by atoms with E-state index in [2.05, 4.69) is 6.58 Å². The number of aliphatic hydroxyl groups excluding tert-OH is 1. The van der Waals surface area contributed by atoms with Gasteiger partial charge in [0.1, 0.15) is 0 Å². The van der Waals surface area contributed by atoms with Gasteiger partial charge < -0.3 is 14.6 Å². The van der Waals surface area contributed by atoms with Crippen LogP contribution in [0.3, 0.4) is 0 Å². The fourth-order valence-corrected chi connectivity index (χ4v) is 2.39. The Morgan fingerprint density at radius 2 is 2.00 bits per heavy atom. The van der Waals surface area contributed by atoms with E-state index in [4.69, 9.17) is 9.47 Å². The first kappa shape index (κ1) is 16.2. The summed E-state index contributed by atoms with van der Waals surface area (Å²) in [6, 6.07) is 0. The number of rotatable bonds is 6. The van der Waals surface area contributed by atoms with Crippen molar-refractivity contribution in [3.05, 3.63) is 12.3 Å². The molecule has 0 spiro atoms. The number of carbonyl (C=O) groups is 1. The van der Waals surface area contributed by atoms with Crippen LogP contribution in [0.4, 0.5) is 0 Å². The molecule has 19 heavy (non-hydrogen) atoms. The third-order valence-corrected chi connectivity index (χ3v) is 3.59. The largest absolute Gasteiger partial charge is 0.430 e. The highest BCUT2D eigenvalue weighted by atomic mass is 16.6. The SMILES string of the molecule is C=C(C)OC(=O)C(C)(C)OC[C@@H]1CCC[C@H](CO)C1. The van der Waals surface area contributed by atoms with Crippen molar-refractivity contribution < 1.29 is 19.4 Å². The maximum absolute atomic E-state index is 11.8. The van der Waals surface area contributed by atoms with Crippen LogP contribution in [0.25, 0.3) is 0 Å². The summed E-state index contributed by atoms with van der Waals surface area (Å²) in [6.07, 6.45) is 4.29. The Kier molecular flexibility index (Phi) is 6.01. The van der Waals surface area contributed by atoms with Crippen LogP contribution < -0.4 is 0 Å². The molecule has 4 heteroatoms. The number of esters is 1. The molecule has 1 fully saturated rings. The maximum Gasteiger partial charge on any atom is 0.342 e. The van der Waals surface area contributed by atoms with Crippen molar-refractivity contribution in [3.8, 4) is 0 Å². The first-order valence-electron chi connectivity index (χ1n) is 6.97. The molecule has 0 aromatic rings. The second-order valence-electron chi connectivity index (χ2n) is 5.99. The molecular formula is C15H26O4. The predicted octanol–water partition coefficient (Wildman–Crippen LogP) is 2.66. The van der Waals surface area contributed by atoms with E-state index in [1.807, 2.05) is 0 Å². The lowest BCUT2D eigenvalue weighted by Crippen LogP contribution is -2.38. The zero-order valence-electron chi connectivity index (χ0n) is 12.3. The van der Waals surface area contributed by atoms with E-state index >= 15 is 0 Å². The Balaban J connectivity index is 2.41. The van der Waals surface area contributed by atoms with Gasteiger partial charge in [0.05, 0.1) is 12.4 Å². The van der Waals surface area contributed by atoms with Crippen LogP contribution in [-0.2, 0) is 14.3 Å². The molecule has 2 atom stereocenters. The lowest BCUT2D eigenvalue weighted by atomic mass is 9.82. The maximum atomic E-state index is 11.8. The van der Waals surface area contributed by atoms with Gasteiger partial charge in [-0.2, -0.15) is 0 Å². The van der Waals surface area contributed by atoms with E-state index in [1.165, 1.54) is 0 Å². The van der Waals surface area contributed by atoms with Gasteiger partial charge in [0.25, 0.3) is 0 Å². The number of allylic oxidation sites excluding steroid dienone is 1. The first-order valence-corrected chi connectivity index (χ1v) is 6.97. The van der Waals surface area contributed by atoms with Gasteiger partial charge in [0.15, 0.2) is 5.60 Å². The molecule has 0 aromatic carbocycles. The smallest absolute Gasteiger partial charge is 0.342 e. The van der Waals surface area contributed by atoms with E-state index < -0.39 is 11.6 Å². The second kappa shape index (κ2) is 7.06. The van der Waals surface area contributed by atoms with Gasteiger partial charge in [-0.25, -0.2) is 4.79 Å². The molecule has 0 radical (unpaired) electrons. The molecule has 0 amide bonds. The quantitative estimate of drug-likeness (QED) is 0.595. The van der Waals surface area contributed by atoms with Gasteiger partial charge in [0.2, 0.25) is 0 Å². The predicted molar refractivity (Wildman–Crippen MR) is 73.5 cm³/mol. The first-order chi connectivity index (χ1) is 8.85. The Bertz CT molecular complexity index is 322. The minimum absolute atomic E-state index is 0.248. The second-order valence-corrected chi connectivity index (χ2v) is 5.99. The summed E-state index contributed by atoms with van der Waals surface area (Å²) in [4.78, 5) is 11.8. The van der Waals surface area contributed by atoms with Crippen LogP contribution in [0.5, 0.6) is 0 Å². The highest BCUT2D eigenvalue weighted by molar-refractivity contribution is 5.79. The molecule has 0 saturated heterocycles. The molecule has 0 aliphatic heterocycles. The average molecular weight is 270 g/mol. The van der Waals surface area contributed by atoms with Crippen molar-refractivity contribution in [1.82, 2.24) is 0 Å². The summed E-state index contributed by atoms with van der Waals surface area (Å²) in [6.45, 7) is 9.40. The molecule has 1 aliphatic rings. The van der Waals surface area contributed by atoms with Crippen molar-refractivity contribution in [2.45, 2.75) is 52.1 Å². The molecule has 0 unspecified atom stereocenters.